The Morgan fingerprint density at radius 1 is 0.523 bits per heavy atom. The summed E-state index contributed by atoms with van der Waals surface area (Å²) in [5.74, 6) is 0.353. The Hall–Kier alpha value is -4.34. The number of allylic oxidation sites excluding steroid dienone is 2. The van der Waals surface area contributed by atoms with Gasteiger partial charge in [0.05, 0.1) is 0 Å². The Bertz CT molecular complexity index is 2090. The van der Waals surface area contributed by atoms with Crippen LogP contribution in [0.1, 0.15) is 29.0 Å². The molecule has 2 heteroatoms. The Balaban J connectivity index is 1.41. The molecule has 2 aliphatic rings. The van der Waals surface area contributed by atoms with Crippen LogP contribution < -0.4 is 26.5 Å². The molecular weight excluding hydrogens is 566 g/mol. The first-order valence-electron chi connectivity index (χ1n) is 15.3. The van der Waals surface area contributed by atoms with Crippen molar-refractivity contribution >= 4 is 75.1 Å². The summed E-state index contributed by atoms with van der Waals surface area (Å²) in [6, 6.07) is 53.4. The summed E-state index contributed by atoms with van der Waals surface area (Å²) in [6.45, 7) is -4.30. The molecule has 2 aliphatic carbocycles. The van der Waals surface area contributed by atoms with E-state index in [0.717, 1.165) is 6.42 Å². The molecule has 212 valence electrons. The number of rotatable bonds is 6. The van der Waals surface area contributed by atoms with Crippen LogP contribution in [0, 0.1) is 0 Å². The van der Waals surface area contributed by atoms with Crippen molar-refractivity contribution in [2.45, 2.75) is 12.3 Å². The van der Waals surface area contributed by atoms with Gasteiger partial charge in [-0.3, -0.25) is 0 Å². The first kappa shape index (κ1) is 27.2. The largest absolute Gasteiger partial charge is 0.0887 e. The lowest BCUT2D eigenvalue weighted by molar-refractivity contribution is 0.859. The zero-order valence-corrected chi connectivity index (χ0v) is 26.5. The van der Waals surface area contributed by atoms with E-state index in [-0.39, 0.29) is 0 Å². The second kappa shape index (κ2) is 10.7. The van der Waals surface area contributed by atoms with E-state index in [2.05, 4.69) is 164 Å². The normalized spacial score (nSPS) is 15.6. The molecule has 6 aromatic rings. The van der Waals surface area contributed by atoms with E-state index in [1.807, 2.05) is 0 Å². The monoisotopic (exact) mass is 600 g/mol. The van der Waals surface area contributed by atoms with Gasteiger partial charge < -0.3 is 0 Å². The van der Waals surface area contributed by atoms with Gasteiger partial charge in [0.1, 0.15) is 0 Å². The predicted octanol–water partition coefficient (Wildman–Crippen LogP) is 8.52. The summed E-state index contributed by atoms with van der Waals surface area (Å²) < 4.78 is 0. The Kier molecular flexibility index (Phi) is 6.61. The summed E-state index contributed by atoms with van der Waals surface area (Å²) in [4.78, 5) is 0. The van der Waals surface area contributed by atoms with Crippen molar-refractivity contribution in [2.24, 2.45) is 0 Å². The minimum absolute atomic E-state index is 0.353. The second-order valence-corrected chi connectivity index (χ2v) is 18.1. The van der Waals surface area contributed by atoms with E-state index < -0.39 is 13.8 Å². The molecule has 0 aromatic heterocycles. The molecule has 0 saturated heterocycles. The van der Waals surface area contributed by atoms with E-state index in [1.165, 1.54) is 59.3 Å². The molecule has 8 rings (SSSR count). The van der Waals surface area contributed by atoms with Crippen LogP contribution in [0.3, 0.4) is 0 Å². The zero-order valence-electron chi connectivity index (χ0n) is 24.7. The standard InChI is InChI=1S/C42H34P2/c1-43(33-15-7-3-8-16-33,34-17-9-4-10-18-34)39-29-25-31-23-24-32-26-30-40(38-28-27-37(39)41(31)42(32)38)44(2,35-19-11-5-12-20-35)36-21-13-6-14-22-36/h3-25,27-30,32H,1-2,26H2. The highest BCUT2D eigenvalue weighted by Crippen LogP contribution is 2.61. The van der Waals surface area contributed by atoms with Crippen LogP contribution in [0.4, 0.5) is 0 Å². The smallest absolute Gasteiger partial charge is 0.00687 e. The van der Waals surface area contributed by atoms with E-state index in [1.54, 1.807) is 0 Å². The lowest BCUT2D eigenvalue weighted by atomic mass is 9.79. The first-order chi connectivity index (χ1) is 21.6. The highest BCUT2D eigenvalue weighted by Gasteiger charge is 2.34. The molecule has 0 N–H and O–H groups in total. The van der Waals surface area contributed by atoms with E-state index in [0.29, 0.717) is 5.92 Å². The SMILES string of the molecule is C=P(C1=CCC2C=Cc3ccc(P(=C)(c4ccccc4)c4ccccc4)c4ccc1c2c34)(c1ccccc1)c1ccccc1. The van der Waals surface area contributed by atoms with Crippen LogP contribution >= 0.6 is 13.8 Å². The van der Waals surface area contributed by atoms with Crippen LogP contribution in [0.2, 0.25) is 0 Å². The maximum atomic E-state index is 5.13. The third kappa shape index (κ3) is 4.06. The van der Waals surface area contributed by atoms with Crippen molar-refractivity contribution in [1.82, 2.24) is 0 Å². The van der Waals surface area contributed by atoms with E-state index >= 15 is 0 Å². The van der Waals surface area contributed by atoms with Crippen molar-refractivity contribution in [3.63, 3.8) is 0 Å². The van der Waals surface area contributed by atoms with Crippen LogP contribution in [0.5, 0.6) is 0 Å². The third-order valence-corrected chi connectivity index (χ3v) is 16.7. The van der Waals surface area contributed by atoms with Crippen molar-refractivity contribution in [1.29, 1.82) is 0 Å². The van der Waals surface area contributed by atoms with Gasteiger partial charge in [-0.2, -0.15) is 0 Å². The molecule has 0 saturated carbocycles. The Morgan fingerprint density at radius 2 is 1.02 bits per heavy atom. The average molecular weight is 601 g/mol. The fraction of sp³-hybridized carbons (Fsp3) is 0.0476. The molecule has 44 heavy (non-hydrogen) atoms. The van der Waals surface area contributed by atoms with Gasteiger partial charge >= 0.3 is 0 Å². The molecule has 0 spiro atoms. The van der Waals surface area contributed by atoms with E-state index in [4.69, 9.17) is 12.6 Å². The topological polar surface area (TPSA) is 0 Å². The van der Waals surface area contributed by atoms with Gasteiger partial charge in [0.2, 0.25) is 0 Å². The van der Waals surface area contributed by atoms with Gasteiger partial charge in [-0.25, -0.2) is 0 Å². The second-order valence-electron chi connectivity index (χ2n) is 11.9. The molecule has 0 aliphatic heterocycles. The highest BCUT2D eigenvalue weighted by atomic mass is 31.2. The summed E-state index contributed by atoms with van der Waals surface area (Å²) in [7, 11) is 0. The van der Waals surface area contributed by atoms with Gasteiger partial charge in [-0.15, -0.1) is 0 Å². The molecule has 1 atom stereocenters. The highest BCUT2D eigenvalue weighted by molar-refractivity contribution is 7.95. The molecule has 0 bridgehead atoms. The molecule has 0 radical (unpaired) electrons. The summed E-state index contributed by atoms with van der Waals surface area (Å²) in [5.41, 5.74) is 4.13. The van der Waals surface area contributed by atoms with Gasteiger partial charge in [-0.1, -0.05) is 176 Å². The van der Waals surface area contributed by atoms with Crippen molar-refractivity contribution < 1.29 is 0 Å². The Labute approximate surface area is 261 Å². The summed E-state index contributed by atoms with van der Waals surface area (Å²) in [6.07, 6.45) is 18.5. The molecule has 0 amide bonds. The lowest BCUT2D eigenvalue weighted by Gasteiger charge is -2.37. The minimum atomic E-state index is -2.16. The van der Waals surface area contributed by atoms with Gasteiger partial charge in [0.15, 0.2) is 0 Å². The van der Waals surface area contributed by atoms with Gasteiger partial charge in [0.25, 0.3) is 0 Å². The predicted molar refractivity (Wildman–Crippen MR) is 200 cm³/mol. The molecular formula is C42H34P2. The zero-order chi connectivity index (χ0) is 29.7. The third-order valence-electron chi connectivity index (χ3n) is 9.56. The maximum Gasteiger partial charge on any atom is 0.00687 e. The Morgan fingerprint density at radius 3 is 1.55 bits per heavy atom. The molecule has 0 fully saturated rings. The average Bonchev–Trinajstić information content (AvgIpc) is 3.11. The maximum absolute atomic E-state index is 5.13. The number of hydrogen-bond acceptors (Lipinski definition) is 0. The van der Waals surface area contributed by atoms with Crippen LogP contribution in [-0.2, 0) is 0 Å². The van der Waals surface area contributed by atoms with Crippen LogP contribution in [0.15, 0.2) is 158 Å². The van der Waals surface area contributed by atoms with E-state index in [9.17, 15) is 0 Å². The van der Waals surface area contributed by atoms with Crippen molar-refractivity contribution in [2.75, 3.05) is 0 Å². The minimum Gasteiger partial charge on any atom is -0.0887 e. The molecule has 1 unspecified atom stereocenters. The molecule has 0 heterocycles. The molecule has 6 aromatic carbocycles. The van der Waals surface area contributed by atoms with Crippen LogP contribution in [-0.4, -0.2) is 12.6 Å². The summed E-state index contributed by atoms with van der Waals surface area (Å²) in [5, 5.41) is 10.7. The van der Waals surface area contributed by atoms with Gasteiger partial charge in [0, 0.05) is 5.92 Å². The fourth-order valence-electron chi connectivity index (χ4n) is 7.37. The fourth-order valence-corrected chi connectivity index (χ4v) is 13.8. The quantitative estimate of drug-likeness (QED) is 0.168. The molecule has 0 nitrogen and oxygen atoms in total. The van der Waals surface area contributed by atoms with Gasteiger partial charge in [-0.05, 0) is 79.5 Å². The lowest BCUT2D eigenvalue weighted by Crippen LogP contribution is -2.26. The summed E-state index contributed by atoms with van der Waals surface area (Å²) >= 11 is 0. The first-order valence-corrected chi connectivity index (χ1v) is 19.2. The van der Waals surface area contributed by atoms with Crippen molar-refractivity contribution in [3.8, 4) is 0 Å². The van der Waals surface area contributed by atoms with Crippen LogP contribution in [0.25, 0.3) is 22.2 Å². The number of benzene rings is 6. The van der Waals surface area contributed by atoms with Crippen molar-refractivity contribution in [3.05, 3.63) is 174 Å². The number of hydrogen-bond donors (Lipinski definition) is 0.